The quantitative estimate of drug-likeness (QED) is 0.592. The summed E-state index contributed by atoms with van der Waals surface area (Å²) in [4.78, 5) is 27.5. The van der Waals surface area contributed by atoms with E-state index >= 15 is 0 Å². The fraction of sp³-hybridized carbons (Fsp3) is 0.231. The van der Waals surface area contributed by atoms with Crippen molar-refractivity contribution in [2.45, 2.75) is 33.0 Å². The summed E-state index contributed by atoms with van der Waals surface area (Å²) in [6.45, 7) is 4.23. The standard InChI is InChI=1S/C26H28N2O3/c1-19-9-11-21(12-10-19)17-27-26(30)25(23-7-5-4-6-8-23)28(20(2)29)18-22-13-15-24(31-3)16-14-22/h4-16,25H,17-18H2,1-3H3,(H,27,30). The Morgan fingerprint density at radius 2 is 1.52 bits per heavy atom. The van der Waals surface area contributed by atoms with Crippen molar-refractivity contribution in [1.82, 2.24) is 10.2 Å². The molecule has 0 aliphatic carbocycles. The molecule has 0 radical (unpaired) electrons. The molecule has 31 heavy (non-hydrogen) atoms. The van der Waals surface area contributed by atoms with E-state index in [9.17, 15) is 9.59 Å². The number of nitrogens with zero attached hydrogens (tertiary/aromatic N) is 1. The van der Waals surface area contributed by atoms with Crippen molar-refractivity contribution in [3.63, 3.8) is 0 Å². The Morgan fingerprint density at radius 3 is 2.10 bits per heavy atom. The zero-order valence-corrected chi connectivity index (χ0v) is 18.2. The lowest BCUT2D eigenvalue weighted by molar-refractivity contribution is -0.140. The molecule has 0 aliphatic rings. The van der Waals surface area contributed by atoms with E-state index in [1.807, 2.05) is 85.8 Å². The van der Waals surface area contributed by atoms with Crippen molar-refractivity contribution >= 4 is 11.8 Å². The lowest BCUT2D eigenvalue weighted by atomic mass is 10.0. The molecule has 0 saturated carbocycles. The highest BCUT2D eigenvalue weighted by atomic mass is 16.5. The molecule has 0 spiro atoms. The molecule has 0 bridgehead atoms. The van der Waals surface area contributed by atoms with Gasteiger partial charge in [0.25, 0.3) is 0 Å². The van der Waals surface area contributed by atoms with E-state index in [0.29, 0.717) is 13.1 Å². The summed E-state index contributed by atoms with van der Waals surface area (Å²) in [5, 5.41) is 3.00. The Balaban J connectivity index is 1.85. The van der Waals surface area contributed by atoms with Gasteiger partial charge in [0.1, 0.15) is 11.8 Å². The van der Waals surface area contributed by atoms with Gasteiger partial charge in [-0.2, -0.15) is 0 Å². The summed E-state index contributed by atoms with van der Waals surface area (Å²) < 4.78 is 5.21. The van der Waals surface area contributed by atoms with Crippen LogP contribution in [0.1, 0.15) is 35.2 Å². The largest absolute Gasteiger partial charge is 0.497 e. The van der Waals surface area contributed by atoms with Crippen LogP contribution in [0.2, 0.25) is 0 Å². The van der Waals surface area contributed by atoms with Crippen LogP contribution in [0.5, 0.6) is 5.75 Å². The third-order valence-electron chi connectivity index (χ3n) is 5.18. The van der Waals surface area contributed by atoms with Crippen molar-refractivity contribution in [2.24, 2.45) is 0 Å². The van der Waals surface area contributed by atoms with Crippen LogP contribution in [0.4, 0.5) is 0 Å². The van der Waals surface area contributed by atoms with Gasteiger partial charge >= 0.3 is 0 Å². The topological polar surface area (TPSA) is 58.6 Å². The van der Waals surface area contributed by atoms with Crippen LogP contribution in [0.25, 0.3) is 0 Å². The monoisotopic (exact) mass is 416 g/mol. The first-order valence-corrected chi connectivity index (χ1v) is 10.3. The lowest BCUT2D eigenvalue weighted by Crippen LogP contribution is -2.42. The van der Waals surface area contributed by atoms with Gasteiger partial charge in [0.15, 0.2) is 0 Å². The van der Waals surface area contributed by atoms with Crippen molar-refractivity contribution in [3.05, 3.63) is 101 Å². The summed E-state index contributed by atoms with van der Waals surface area (Å²) >= 11 is 0. The summed E-state index contributed by atoms with van der Waals surface area (Å²) in [6, 6.07) is 24.2. The molecule has 1 atom stereocenters. The molecule has 3 aromatic carbocycles. The maximum absolute atomic E-state index is 13.3. The number of rotatable bonds is 8. The fourth-order valence-corrected chi connectivity index (χ4v) is 3.41. The molecule has 3 aromatic rings. The minimum absolute atomic E-state index is 0.171. The number of benzene rings is 3. The Labute approximate surface area is 183 Å². The molecule has 2 amide bonds. The van der Waals surface area contributed by atoms with Crippen LogP contribution in [0, 0.1) is 6.92 Å². The molecule has 3 rings (SSSR count). The number of hydrogen-bond donors (Lipinski definition) is 1. The maximum Gasteiger partial charge on any atom is 0.247 e. The summed E-state index contributed by atoms with van der Waals surface area (Å²) in [6.07, 6.45) is 0. The molecular weight excluding hydrogens is 388 g/mol. The number of amides is 2. The molecule has 160 valence electrons. The first-order valence-electron chi connectivity index (χ1n) is 10.3. The average Bonchev–Trinajstić information content (AvgIpc) is 2.79. The third kappa shape index (κ3) is 5.95. The third-order valence-corrected chi connectivity index (χ3v) is 5.18. The van der Waals surface area contributed by atoms with Gasteiger partial charge < -0.3 is 15.0 Å². The summed E-state index contributed by atoms with van der Waals surface area (Å²) in [7, 11) is 1.61. The van der Waals surface area contributed by atoms with Gasteiger partial charge in [-0.15, -0.1) is 0 Å². The number of ether oxygens (including phenoxy) is 1. The van der Waals surface area contributed by atoms with E-state index in [-0.39, 0.29) is 11.8 Å². The summed E-state index contributed by atoms with van der Waals surface area (Å²) in [5.74, 6) is 0.360. The minimum Gasteiger partial charge on any atom is -0.497 e. The van der Waals surface area contributed by atoms with Gasteiger partial charge in [-0.1, -0.05) is 72.3 Å². The fourth-order valence-electron chi connectivity index (χ4n) is 3.41. The van der Waals surface area contributed by atoms with Gasteiger partial charge in [-0.05, 0) is 35.7 Å². The second-order valence-electron chi connectivity index (χ2n) is 7.51. The van der Waals surface area contributed by atoms with Crippen LogP contribution in [0.3, 0.4) is 0 Å². The first-order chi connectivity index (χ1) is 15.0. The second-order valence-corrected chi connectivity index (χ2v) is 7.51. The molecule has 1 N–H and O–H groups in total. The van der Waals surface area contributed by atoms with Gasteiger partial charge in [0.2, 0.25) is 11.8 Å². The predicted octanol–water partition coefficient (Wildman–Crippen LogP) is 4.41. The van der Waals surface area contributed by atoms with Crippen molar-refractivity contribution in [1.29, 1.82) is 0 Å². The Morgan fingerprint density at radius 1 is 0.903 bits per heavy atom. The van der Waals surface area contributed by atoms with Gasteiger partial charge in [-0.3, -0.25) is 9.59 Å². The molecule has 0 heterocycles. The summed E-state index contributed by atoms with van der Waals surface area (Å²) in [5.41, 5.74) is 3.87. The molecule has 5 heteroatoms. The van der Waals surface area contributed by atoms with Gasteiger partial charge in [-0.25, -0.2) is 0 Å². The van der Waals surface area contributed by atoms with Crippen LogP contribution in [-0.4, -0.2) is 23.8 Å². The molecule has 0 aliphatic heterocycles. The Kier molecular flexibility index (Phi) is 7.44. The molecule has 0 aromatic heterocycles. The van der Waals surface area contributed by atoms with E-state index < -0.39 is 6.04 Å². The smallest absolute Gasteiger partial charge is 0.247 e. The highest BCUT2D eigenvalue weighted by Gasteiger charge is 2.29. The SMILES string of the molecule is COc1ccc(CN(C(C)=O)C(C(=O)NCc2ccc(C)cc2)c2ccccc2)cc1. The Hall–Kier alpha value is -3.60. The molecule has 0 saturated heterocycles. The molecule has 5 nitrogen and oxygen atoms in total. The maximum atomic E-state index is 13.3. The van der Waals surface area contributed by atoms with Crippen LogP contribution >= 0.6 is 0 Å². The van der Waals surface area contributed by atoms with E-state index in [0.717, 1.165) is 22.4 Å². The van der Waals surface area contributed by atoms with Crippen molar-refractivity contribution < 1.29 is 14.3 Å². The van der Waals surface area contributed by atoms with E-state index in [1.54, 1.807) is 12.0 Å². The first kappa shape index (κ1) is 22.1. The number of methoxy groups -OCH3 is 1. The number of nitrogens with one attached hydrogen (secondary N) is 1. The van der Waals surface area contributed by atoms with E-state index in [2.05, 4.69) is 5.32 Å². The highest BCUT2D eigenvalue weighted by Crippen LogP contribution is 2.24. The zero-order valence-electron chi connectivity index (χ0n) is 18.2. The number of carbonyl (C=O) groups is 2. The van der Waals surface area contributed by atoms with Crippen molar-refractivity contribution in [2.75, 3.05) is 7.11 Å². The van der Waals surface area contributed by atoms with Crippen LogP contribution < -0.4 is 10.1 Å². The minimum atomic E-state index is -0.730. The molecule has 0 fully saturated rings. The van der Waals surface area contributed by atoms with Gasteiger partial charge in [0.05, 0.1) is 7.11 Å². The molecule has 1 unspecified atom stereocenters. The Bertz CT molecular complexity index is 999. The number of carbonyl (C=O) groups excluding carboxylic acids is 2. The predicted molar refractivity (Wildman–Crippen MR) is 121 cm³/mol. The number of hydrogen-bond acceptors (Lipinski definition) is 3. The normalized spacial score (nSPS) is 11.5. The highest BCUT2D eigenvalue weighted by molar-refractivity contribution is 5.88. The average molecular weight is 417 g/mol. The molecular formula is C26H28N2O3. The van der Waals surface area contributed by atoms with Gasteiger partial charge in [0, 0.05) is 20.0 Å². The lowest BCUT2D eigenvalue weighted by Gasteiger charge is -2.30. The van der Waals surface area contributed by atoms with E-state index in [4.69, 9.17) is 4.74 Å². The van der Waals surface area contributed by atoms with Crippen LogP contribution in [-0.2, 0) is 22.7 Å². The van der Waals surface area contributed by atoms with E-state index in [1.165, 1.54) is 12.5 Å². The van der Waals surface area contributed by atoms with Crippen molar-refractivity contribution in [3.8, 4) is 5.75 Å². The number of aryl methyl sites for hydroxylation is 1. The zero-order chi connectivity index (χ0) is 22.2. The van der Waals surface area contributed by atoms with Crippen LogP contribution in [0.15, 0.2) is 78.9 Å². The second kappa shape index (κ2) is 10.4.